The van der Waals surface area contributed by atoms with Crippen LogP contribution in [0.3, 0.4) is 0 Å². The van der Waals surface area contributed by atoms with Crippen LogP contribution in [0.15, 0.2) is 48.5 Å². The first-order valence-electron chi connectivity index (χ1n) is 11.7. The Morgan fingerprint density at radius 1 is 1.09 bits per heavy atom. The summed E-state index contributed by atoms with van der Waals surface area (Å²) in [7, 11) is 0. The van der Waals surface area contributed by atoms with E-state index >= 15 is 0 Å². The average Bonchev–Trinajstić information content (AvgIpc) is 3.24. The molecule has 2 amide bonds. The molecule has 0 radical (unpaired) electrons. The number of alkyl halides is 2. The fraction of sp³-hybridized carbons (Fsp3) is 0.423. The van der Waals surface area contributed by atoms with Gasteiger partial charge in [0.15, 0.2) is 0 Å². The Morgan fingerprint density at radius 2 is 1.66 bits per heavy atom. The summed E-state index contributed by atoms with van der Waals surface area (Å²) in [5.41, 5.74) is 4.21. The summed E-state index contributed by atoms with van der Waals surface area (Å²) in [4.78, 5) is 37.1. The van der Waals surface area contributed by atoms with E-state index in [0.717, 1.165) is 27.2 Å². The van der Waals surface area contributed by atoms with E-state index in [0.29, 0.717) is 6.42 Å². The van der Waals surface area contributed by atoms with Gasteiger partial charge in [-0.05, 0) is 35.6 Å². The summed E-state index contributed by atoms with van der Waals surface area (Å²) in [6.07, 6.45) is -0.412. The Bertz CT molecular complexity index is 1090. The number of benzene rings is 2. The lowest BCUT2D eigenvalue weighted by atomic mass is 9.98. The van der Waals surface area contributed by atoms with Crippen molar-refractivity contribution >= 4 is 18.0 Å². The van der Waals surface area contributed by atoms with E-state index in [2.05, 4.69) is 5.32 Å². The first-order valence-corrected chi connectivity index (χ1v) is 11.7. The summed E-state index contributed by atoms with van der Waals surface area (Å²) < 4.78 is 34.2. The maximum atomic E-state index is 14.4. The Kier molecular flexibility index (Phi) is 6.78. The van der Waals surface area contributed by atoms with Crippen molar-refractivity contribution < 1.29 is 33.0 Å². The van der Waals surface area contributed by atoms with Crippen molar-refractivity contribution in [2.75, 3.05) is 19.7 Å². The van der Waals surface area contributed by atoms with Crippen LogP contribution in [0.25, 0.3) is 11.1 Å². The molecule has 1 fully saturated rings. The van der Waals surface area contributed by atoms with Gasteiger partial charge in [-0.3, -0.25) is 9.59 Å². The monoisotopic (exact) mass is 486 g/mol. The third kappa shape index (κ3) is 4.72. The van der Waals surface area contributed by atoms with Gasteiger partial charge >= 0.3 is 12.1 Å². The number of hydrogen-bond acceptors (Lipinski definition) is 4. The van der Waals surface area contributed by atoms with E-state index in [1.165, 1.54) is 0 Å². The predicted molar refractivity (Wildman–Crippen MR) is 124 cm³/mol. The minimum Gasteiger partial charge on any atom is -0.480 e. The van der Waals surface area contributed by atoms with Gasteiger partial charge in [-0.1, -0.05) is 55.5 Å². The molecule has 0 aromatic heterocycles. The highest BCUT2D eigenvalue weighted by molar-refractivity contribution is 5.87. The molecule has 4 rings (SSSR count). The van der Waals surface area contributed by atoms with Crippen LogP contribution >= 0.6 is 0 Å². The van der Waals surface area contributed by atoms with Crippen LogP contribution in [-0.2, 0) is 14.3 Å². The predicted octanol–water partition coefficient (Wildman–Crippen LogP) is 4.12. The molecule has 2 N–H and O–H groups in total. The van der Waals surface area contributed by atoms with Crippen LogP contribution in [0, 0.1) is 11.8 Å². The summed E-state index contributed by atoms with van der Waals surface area (Å²) >= 11 is 0. The maximum absolute atomic E-state index is 14.4. The number of carboxylic acids is 1. The number of rotatable bonds is 9. The zero-order valence-electron chi connectivity index (χ0n) is 19.5. The van der Waals surface area contributed by atoms with Gasteiger partial charge < -0.3 is 20.1 Å². The topological polar surface area (TPSA) is 95.9 Å². The Balaban J connectivity index is 1.35. The third-order valence-corrected chi connectivity index (χ3v) is 6.99. The number of alkyl carbamates (subject to hydrolysis) is 1. The minimum atomic E-state index is -3.32. The Hall–Kier alpha value is -3.49. The molecule has 0 aliphatic heterocycles. The molecule has 7 nitrogen and oxygen atoms in total. The van der Waals surface area contributed by atoms with E-state index < -0.39 is 54.9 Å². The van der Waals surface area contributed by atoms with Crippen molar-refractivity contribution in [1.82, 2.24) is 10.2 Å². The number of ether oxygens (including phenoxy) is 1. The molecule has 2 aromatic carbocycles. The van der Waals surface area contributed by atoms with Crippen LogP contribution in [0.5, 0.6) is 0 Å². The smallest absolute Gasteiger partial charge is 0.407 e. The van der Waals surface area contributed by atoms with Gasteiger partial charge in [0, 0.05) is 18.5 Å². The lowest BCUT2D eigenvalue weighted by Gasteiger charge is -2.27. The average molecular weight is 487 g/mol. The molecule has 3 atom stereocenters. The SMILES string of the molecule is CCC(C)N(CC(=O)O)C(=O)[C@@H]1[C@H](CNC(=O)OCC2c3ccccc3-c3ccccc32)C1(F)F. The highest BCUT2D eigenvalue weighted by Crippen LogP contribution is 2.56. The van der Waals surface area contributed by atoms with Crippen LogP contribution < -0.4 is 5.32 Å². The van der Waals surface area contributed by atoms with Crippen molar-refractivity contribution in [2.45, 2.75) is 38.2 Å². The Labute approximate surface area is 202 Å². The molecule has 2 aliphatic rings. The van der Waals surface area contributed by atoms with Crippen molar-refractivity contribution in [2.24, 2.45) is 11.8 Å². The van der Waals surface area contributed by atoms with Gasteiger partial charge in [0.1, 0.15) is 19.1 Å². The van der Waals surface area contributed by atoms with Gasteiger partial charge in [-0.25, -0.2) is 13.6 Å². The number of amides is 2. The number of carbonyl (C=O) groups excluding carboxylic acids is 2. The number of nitrogens with one attached hydrogen (secondary N) is 1. The first kappa shape index (κ1) is 24.6. The van der Waals surface area contributed by atoms with Crippen molar-refractivity contribution in [1.29, 1.82) is 0 Å². The van der Waals surface area contributed by atoms with E-state index in [1.807, 2.05) is 48.5 Å². The van der Waals surface area contributed by atoms with Crippen molar-refractivity contribution in [3.8, 4) is 11.1 Å². The Morgan fingerprint density at radius 3 is 2.20 bits per heavy atom. The molecule has 0 spiro atoms. The number of aliphatic carboxylic acids is 1. The lowest BCUT2D eigenvalue weighted by molar-refractivity contribution is -0.147. The number of carboxylic acid groups (broad SMARTS) is 1. The maximum Gasteiger partial charge on any atom is 0.407 e. The molecule has 2 aliphatic carbocycles. The van der Waals surface area contributed by atoms with E-state index in [4.69, 9.17) is 9.84 Å². The fourth-order valence-corrected chi connectivity index (χ4v) is 4.82. The molecule has 0 heterocycles. The summed E-state index contributed by atoms with van der Waals surface area (Å²) in [6.45, 7) is 2.32. The van der Waals surface area contributed by atoms with E-state index in [-0.39, 0.29) is 12.5 Å². The molecule has 0 bridgehead atoms. The lowest BCUT2D eigenvalue weighted by Crippen LogP contribution is -2.43. The largest absolute Gasteiger partial charge is 0.480 e. The molecular formula is C26H28F2N2O5. The summed E-state index contributed by atoms with van der Waals surface area (Å²) in [6, 6.07) is 15.2. The molecule has 0 saturated heterocycles. The van der Waals surface area contributed by atoms with Crippen molar-refractivity contribution in [3.05, 3.63) is 59.7 Å². The zero-order chi connectivity index (χ0) is 25.3. The molecule has 1 saturated carbocycles. The van der Waals surface area contributed by atoms with E-state index in [9.17, 15) is 23.2 Å². The molecular weight excluding hydrogens is 458 g/mol. The van der Waals surface area contributed by atoms with Gasteiger partial charge in [-0.15, -0.1) is 0 Å². The molecule has 2 aromatic rings. The minimum absolute atomic E-state index is 0.0453. The normalized spacial score (nSPS) is 20.3. The van der Waals surface area contributed by atoms with Crippen molar-refractivity contribution in [3.63, 3.8) is 0 Å². The van der Waals surface area contributed by atoms with Crippen LogP contribution in [0.4, 0.5) is 13.6 Å². The highest BCUT2D eigenvalue weighted by Gasteiger charge is 2.72. The molecule has 186 valence electrons. The standard InChI is InChI=1S/C26H28F2N2O5/c1-3-15(2)30(13-22(31)32)24(33)23-21(26(23,27)28)12-29-25(34)35-14-20-18-10-6-4-8-16(18)17-9-5-7-11-19(17)20/h4-11,15,20-21,23H,3,12-14H2,1-2H3,(H,29,34)(H,31,32)/t15?,21-,23-/m0/s1. The summed E-state index contributed by atoms with van der Waals surface area (Å²) in [5.74, 6) is -8.73. The fourth-order valence-electron chi connectivity index (χ4n) is 4.82. The van der Waals surface area contributed by atoms with Crippen LogP contribution in [0.1, 0.15) is 37.3 Å². The number of nitrogens with zero attached hydrogens (tertiary/aromatic N) is 1. The number of carbonyl (C=O) groups is 3. The second-order valence-electron chi connectivity index (χ2n) is 9.08. The molecule has 1 unspecified atom stereocenters. The number of hydrogen-bond donors (Lipinski definition) is 2. The van der Waals surface area contributed by atoms with Gasteiger partial charge in [-0.2, -0.15) is 0 Å². The third-order valence-electron chi connectivity index (χ3n) is 6.99. The van der Waals surface area contributed by atoms with Crippen LogP contribution in [0.2, 0.25) is 0 Å². The number of fused-ring (bicyclic) bond motifs is 3. The second-order valence-corrected chi connectivity index (χ2v) is 9.08. The highest BCUT2D eigenvalue weighted by atomic mass is 19.3. The second kappa shape index (κ2) is 9.64. The molecule has 35 heavy (non-hydrogen) atoms. The summed E-state index contributed by atoms with van der Waals surface area (Å²) in [5, 5.41) is 11.4. The van der Waals surface area contributed by atoms with Gasteiger partial charge in [0.25, 0.3) is 5.92 Å². The zero-order valence-corrected chi connectivity index (χ0v) is 19.5. The molecule has 9 heteroatoms. The van der Waals surface area contributed by atoms with Crippen LogP contribution in [-0.4, -0.2) is 59.6 Å². The van der Waals surface area contributed by atoms with Gasteiger partial charge in [0.05, 0.1) is 5.92 Å². The van der Waals surface area contributed by atoms with E-state index in [1.54, 1.807) is 13.8 Å². The quantitative estimate of drug-likeness (QED) is 0.556. The number of halogens is 2. The first-order chi connectivity index (χ1) is 16.7. The van der Waals surface area contributed by atoms with Gasteiger partial charge in [0.2, 0.25) is 5.91 Å².